The lowest BCUT2D eigenvalue weighted by Crippen LogP contribution is -2.44. The summed E-state index contributed by atoms with van der Waals surface area (Å²) in [5, 5.41) is 11.7. The summed E-state index contributed by atoms with van der Waals surface area (Å²) in [6, 6.07) is 2.05. The first-order valence-corrected chi connectivity index (χ1v) is 7.33. The predicted octanol–water partition coefficient (Wildman–Crippen LogP) is 2.13. The van der Waals surface area contributed by atoms with Crippen molar-refractivity contribution < 1.29 is 28.6 Å². The van der Waals surface area contributed by atoms with Crippen LogP contribution < -0.4 is 14.8 Å². The Morgan fingerprint density at radius 1 is 1.22 bits per heavy atom. The third-order valence-electron chi connectivity index (χ3n) is 4.26. The van der Waals surface area contributed by atoms with E-state index in [0.29, 0.717) is 18.6 Å². The highest BCUT2D eigenvalue weighted by Crippen LogP contribution is 2.36. The van der Waals surface area contributed by atoms with Crippen LogP contribution in [0.4, 0.5) is 4.39 Å². The van der Waals surface area contributed by atoms with Gasteiger partial charge in [0.2, 0.25) is 5.91 Å². The van der Waals surface area contributed by atoms with E-state index in [2.05, 4.69) is 5.32 Å². The van der Waals surface area contributed by atoms with Crippen LogP contribution in [0.1, 0.15) is 31.4 Å². The molecule has 1 fully saturated rings. The molecule has 23 heavy (non-hydrogen) atoms. The van der Waals surface area contributed by atoms with E-state index in [9.17, 15) is 14.0 Å². The third kappa shape index (κ3) is 3.38. The molecule has 1 amide bonds. The van der Waals surface area contributed by atoms with Gasteiger partial charge in [-0.25, -0.2) is 4.39 Å². The molecule has 0 aliphatic heterocycles. The number of aliphatic carboxylic acids is 1. The third-order valence-corrected chi connectivity index (χ3v) is 4.26. The number of methoxy groups -OCH3 is 2. The Bertz CT molecular complexity index is 619. The quantitative estimate of drug-likeness (QED) is 0.837. The number of benzene rings is 1. The van der Waals surface area contributed by atoms with Gasteiger partial charge in [-0.05, 0) is 25.8 Å². The highest BCUT2D eigenvalue weighted by atomic mass is 19.1. The Labute approximate surface area is 133 Å². The molecule has 0 spiro atoms. The maximum Gasteiger partial charge on any atom is 0.307 e. The van der Waals surface area contributed by atoms with Crippen molar-refractivity contribution in [1.29, 1.82) is 0 Å². The molecule has 0 saturated heterocycles. The van der Waals surface area contributed by atoms with Crippen molar-refractivity contribution in [2.75, 3.05) is 14.2 Å². The first-order chi connectivity index (χ1) is 10.9. The molecule has 3 atom stereocenters. The Morgan fingerprint density at radius 3 is 2.26 bits per heavy atom. The van der Waals surface area contributed by atoms with Crippen LogP contribution in [0.5, 0.6) is 11.5 Å². The lowest BCUT2D eigenvalue weighted by atomic mass is 9.73. The fraction of sp³-hybridized carbons (Fsp3) is 0.500. The van der Waals surface area contributed by atoms with Gasteiger partial charge in [0.05, 0.1) is 32.1 Å². The van der Waals surface area contributed by atoms with Gasteiger partial charge in [0.25, 0.3) is 0 Å². The largest absolute Gasteiger partial charge is 0.493 e. The molecule has 0 bridgehead atoms. The van der Waals surface area contributed by atoms with Gasteiger partial charge in [0.15, 0.2) is 11.5 Å². The molecule has 1 aliphatic rings. The van der Waals surface area contributed by atoms with Gasteiger partial charge in [0, 0.05) is 11.6 Å². The van der Waals surface area contributed by atoms with E-state index in [1.165, 1.54) is 26.4 Å². The number of carbonyl (C=O) groups is 2. The molecule has 2 N–H and O–H groups in total. The molecule has 0 aromatic heterocycles. The summed E-state index contributed by atoms with van der Waals surface area (Å²) in [5.41, 5.74) is 0.252. The zero-order valence-corrected chi connectivity index (χ0v) is 13.3. The minimum Gasteiger partial charge on any atom is -0.493 e. The van der Waals surface area contributed by atoms with Crippen molar-refractivity contribution >= 4 is 11.9 Å². The standard InChI is InChI=1S/C16H20FNO5/c1-8(18-15(19)9-4-5-10(9)16(20)21)11-6-13(22-2)14(23-3)7-12(11)17/h6-10H,4-5H2,1-3H3,(H,18,19)(H,20,21). The van der Waals surface area contributed by atoms with E-state index in [1.807, 2.05) is 0 Å². The molecule has 3 unspecified atom stereocenters. The Kier molecular flexibility index (Phi) is 5.08. The summed E-state index contributed by atoms with van der Waals surface area (Å²) in [6.07, 6.45) is 1.02. The highest BCUT2D eigenvalue weighted by molar-refractivity contribution is 5.86. The fourth-order valence-corrected chi connectivity index (χ4v) is 2.71. The van der Waals surface area contributed by atoms with Gasteiger partial charge < -0.3 is 19.9 Å². The smallest absolute Gasteiger partial charge is 0.307 e. The van der Waals surface area contributed by atoms with Crippen LogP contribution in [-0.2, 0) is 9.59 Å². The van der Waals surface area contributed by atoms with Gasteiger partial charge in [-0.15, -0.1) is 0 Å². The van der Waals surface area contributed by atoms with E-state index in [-0.39, 0.29) is 17.2 Å². The molecule has 126 valence electrons. The molecule has 1 saturated carbocycles. The van der Waals surface area contributed by atoms with Crippen molar-refractivity contribution in [3.63, 3.8) is 0 Å². The molecule has 7 heteroatoms. The second kappa shape index (κ2) is 6.85. The molecule has 1 aromatic carbocycles. The lowest BCUT2D eigenvalue weighted by Gasteiger charge is -2.33. The van der Waals surface area contributed by atoms with E-state index < -0.39 is 29.7 Å². The number of amides is 1. The van der Waals surface area contributed by atoms with Crippen molar-refractivity contribution in [1.82, 2.24) is 5.32 Å². The Balaban J connectivity index is 2.13. The molecule has 2 rings (SSSR count). The minimum atomic E-state index is -0.971. The van der Waals surface area contributed by atoms with Crippen molar-refractivity contribution in [3.05, 3.63) is 23.5 Å². The molecule has 0 heterocycles. The van der Waals surface area contributed by atoms with Crippen molar-refractivity contribution in [3.8, 4) is 11.5 Å². The van der Waals surface area contributed by atoms with Crippen LogP contribution in [-0.4, -0.2) is 31.2 Å². The number of carbonyl (C=O) groups excluding carboxylic acids is 1. The molecular formula is C16H20FNO5. The fourth-order valence-electron chi connectivity index (χ4n) is 2.71. The van der Waals surface area contributed by atoms with Crippen LogP contribution in [0, 0.1) is 17.7 Å². The van der Waals surface area contributed by atoms with Gasteiger partial charge in [-0.2, -0.15) is 0 Å². The second-order valence-corrected chi connectivity index (χ2v) is 5.59. The summed E-state index contributed by atoms with van der Waals surface area (Å²) in [4.78, 5) is 23.1. The van der Waals surface area contributed by atoms with Crippen LogP contribution in [0.15, 0.2) is 12.1 Å². The van der Waals surface area contributed by atoms with E-state index >= 15 is 0 Å². The summed E-state index contributed by atoms with van der Waals surface area (Å²) in [6.45, 7) is 1.64. The summed E-state index contributed by atoms with van der Waals surface area (Å²) < 4.78 is 24.3. The van der Waals surface area contributed by atoms with Crippen molar-refractivity contribution in [2.45, 2.75) is 25.8 Å². The average Bonchev–Trinajstić information content (AvgIpc) is 2.44. The van der Waals surface area contributed by atoms with Gasteiger partial charge >= 0.3 is 5.97 Å². The SMILES string of the molecule is COc1cc(F)c(C(C)NC(=O)C2CCC2C(=O)O)cc1OC. The molecule has 6 nitrogen and oxygen atoms in total. The zero-order chi connectivity index (χ0) is 17.1. The summed E-state index contributed by atoms with van der Waals surface area (Å²) in [7, 11) is 2.85. The maximum absolute atomic E-state index is 14.2. The number of hydrogen-bond donors (Lipinski definition) is 2. The van der Waals surface area contributed by atoms with Crippen LogP contribution >= 0.6 is 0 Å². The normalized spacial score (nSPS) is 21.0. The van der Waals surface area contributed by atoms with Crippen LogP contribution in [0.2, 0.25) is 0 Å². The number of ether oxygens (including phenoxy) is 2. The molecule has 1 aliphatic carbocycles. The maximum atomic E-state index is 14.2. The van der Waals surface area contributed by atoms with Crippen molar-refractivity contribution in [2.24, 2.45) is 11.8 Å². The van der Waals surface area contributed by atoms with E-state index in [0.717, 1.165) is 0 Å². The second-order valence-electron chi connectivity index (χ2n) is 5.59. The monoisotopic (exact) mass is 325 g/mol. The van der Waals surface area contributed by atoms with Crippen LogP contribution in [0.25, 0.3) is 0 Å². The number of nitrogens with one attached hydrogen (secondary N) is 1. The van der Waals surface area contributed by atoms with E-state index in [4.69, 9.17) is 14.6 Å². The van der Waals surface area contributed by atoms with Gasteiger partial charge in [-0.3, -0.25) is 9.59 Å². The highest BCUT2D eigenvalue weighted by Gasteiger charge is 2.41. The van der Waals surface area contributed by atoms with Crippen LogP contribution in [0.3, 0.4) is 0 Å². The zero-order valence-electron chi connectivity index (χ0n) is 13.3. The molecule has 0 radical (unpaired) electrons. The molecular weight excluding hydrogens is 305 g/mol. The first kappa shape index (κ1) is 17.1. The van der Waals surface area contributed by atoms with Gasteiger partial charge in [-0.1, -0.05) is 0 Å². The van der Waals surface area contributed by atoms with Gasteiger partial charge in [0.1, 0.15) is 5.82 Å². The summed E-state index contributed by atoms with van der Waals surface area (Å²) >= 11 is 0. The average molecular weight is 325 g/mol. The lowest BCUT2D eigenvalue weighted by molar-refractivity contribution is -0.152. The first-order valence-electron chi connectivity index (χ1n) is 7.33. The summed E-state index contributed by atoms with van der Waals surface area (Å²) in [5.74, 6) is -2.46. The minimum absolute atomic E-state index is 0.252. The number of halogens is 1. The predicted molar refractivity (Wildman–Crippen MR) is 79.9 cm³/mol. The number of carboxylic acid groups (broad SMARTS) is 1. The number of carboxylic acids is 1. The van der Waals surface area contributed by atoms with E-state index in [1.54, 1.807) is 6.92 Å². The number of rotatable bonds is 6. The number of hydrogen-bond acceptors (Lipinski definition) is 4. The Morgan fingerprint density at radius 2 is 1.78 bits per heavy atom. The topological polar surface area (TPSA) is 84.9 Å². The Hall–Kier alpha value is -2.31. The molecule has 1 aromatic rings.